The molecular formula is C26H32N6O2. The number of methoxy groups -OCH3 is 1. The monoisotopic (exact) mass is 460 g/mol. The Bertz CT molecular complexity index is 1330. The maximum atomic E-state index is 5.86. The Labute approximate surface area is 199 Å². The fraction of sp³-hybridized carbons (Fsp3) is 0.423. The summed E-state index contributed by atoms with van der Waals surface area (Å²) in [6.45, 7) is 8.77. The maximum Gasteiger partial charge on any atom is 0.188 e. The predicted molar refractivity (Wildman–Crippen MR) is 135 cm³/mol. The second-order valence-corrected chi connectivity index (χ2v) is 9.99. The van der Waals surface area contributed by atoms with Crippen molar-refractivity contribution in [3.05, 3.63) is 42.6 Å². The Morgan fingerprint density at radius 1 is 1.06 bits per heavy atom. The zero-order valence-corrected chi connectivity index (χ0v) is 20.5. The van der Waals surface area contributed by atoms with E-state index in [-0.39, 0.29) is 12.3 Å². The predicted octanol–water partition coefficient (Wildman–Crippen LogP) is 4.13. The summed E-state index contributed by atoms with van der Waals surface area (Å²) in [4.78, 5) is 12.2. The van der Waals surface area contributed by atoms with E-state index in [1.165, 1.54) is 0 Å². The molecule has 4 aromatic rings. The van der Waals surface area contributed by atoms with Crippen molar-refractivity contribution in [1.29, 1.82) is 0 Å². The lowest BCUT2D eigenvalue weighted by molar-refractivity contribution is 0.0516. The van der Waals surface area contributed by atoms with Crippen LogP contribution in [-0.4, -0.2) is 58.3 Å². The molecule has 1 aliphatic rings. The highest BCUT2D eigenvalue weighted by molar-refractivity contribution is 5.89. The molecule has 1 aromatic carbocycles. The minimum absolute atomic E-state index is 0.114. The van der Waals surface area contributed by atoms with Crippen molar-refractivity contribution in [3.63, 3.8) is 0 Å². The molecule has 1 fully saturated rings. The number of fused-ring (bicyclic) bond motifs is 2. The second kappa shape index (κ2) is 8.85. The third kappa shape index (κ3) is 4.69. The summed E-state index contributed by atoms with van der Waals surface area (Å²) in [7, 11) is 3.52. The van der Waals surface area contributed by atoms with Crippen LogP contribution in [0.3, 0.4) is 0 Å². The number of rotatable bonds is 6. The molecule has 4 heterocycles. The van der Waals surface area contributed by atoms with Crippen LogP contribution in [0.1, 0.15) is 27.2 Å². The molecule has 1 saturated heterocycles. The van der Waals surface area contributed by atoms with Crippen molar-refractivity contribution in [1.82, 2.24) is 25.1 Å². The van der Waals surface area contributed by atoms with Crippen molar-refractivity contribution in [2.24, 2.45) is 7.05 Å². The van der Waals surface area contributed by atoms with Crippen LogP contribution in [0.4, 0.5) is 5.82 Å². The lowest BCUT2D eigenvalue weighted by atomic mass is 10.1. The minimum Gasteiger partial charge on any atom is -0.467 e. The first-order chi connectivity index (χ1) is 16.3. The Kier molecular flexibility index (Phi) is 5.87. The van der Waals surface area contributed by atoms with Gasteiger partial charge in [-0.1, -0.05) is 0 Å². The third-order valence-corrected chi connectivity index (χ3v) is 6.01. The highest BCUT2D eigenvalue weighted by Gasteiger charge is 2.26. The van der Waals surface area contributed by atoms with Gasteiger partial charge in [0, 0.05) is 62.0 Å². The number of ether oxygens (including phenoxy) is 2. The SMILES string of the molecule is COCOc1cc2nn(C)cc2cc1-c1ccc2nc(N3CC[C@@H](NC(C)(C)C)C3)ccc2n1. The molecule has 3 aromatic heterocycles. The molecule has 0 saturated carbocycles. The lowest BCUT2D eigenvalue weighted by Crippen LogP contribution is -2.44. The molecule has 0 aliphatic carbocycles. The molecule has 0 amide bonds. The first-order valence-electron chi connectivity index (χ1n) is 11.7. The van der Waals surface area contributed by atoms with Crippen molar-refractivity contribution in [3.8, 4) is 17.0 Å². The van der Waals surface area contributed by atoms with Gasteiger partial charge in [-0.2, -0.15) is 5.10 Å². The number of nitrogens with one attached hydrogen (secondary N) is 1. The van der Waals surface area contributed by atoms with E-state index in [9.17, 15) is 0 Å². The summed E-state index contributed by atoms with van der Waals surface area (Å²) >= 11 is 0. The van der Waals surface area contributed by atoms with Crippen LogP contribution in [0, 0.1) is 0 Å². The smallest absolute Gasteiger partial charge is 0.188 e. The average molecular weight is 461 g/mol. The van der Waals surface area contributed by atoms with Gasteiger partial charge < -0.3 is 19.7 Å². The molecule has 8 nitrogen and oxygen atoms in total. The van der Waals surface area contributed by atoms with Crippen molar-refractivity contribution in [2.75, 3.05) is 31.9 Å². The van der Waals surface area contributed by atoms with E-state index in [1.54, 1.807) is 11.8 Å². The summed E-state index contributed by atoms with van der Waals surface area (Å²) in [6.07, 6.45) is 3.11. The molecule has 8 heteroatoms. The Hall–Kier alpha value is -3.23. The number of pyridine rings is 2. The molecule has 178 valence electrons. The van der Waals surface area contributed by atoms with E-state index in [1.807, 2.05) is 31.4 Å². The van der Waals surface area contributed by atoms with Gasteiger partial charge in [0.15, 0.2) is 6.79 Å². The number of aromatic nitrogens is 4. The van der Waals surface area contributed by atoms with E-state index in [4.69, 9.17) is 19.4 Å². The Morgan fingerprint density at radius 2 is 1.85 bits per heavy atom. The molecule has 34 heavy (non-hydrogen) atoms. The average Bonchev–Trinajstić information content (AvgIpc) is 3.40. The van der Waals surface area contributed by atoms with Gasteiger partial charge in [0.1, 0.15) is 11.6 Å². The first-order valence-corrected chi connectivity index (χ1v) is 11.7. The number of nitrogens with zero attached hydrogens (tertiary/aromatic N) is 5. The zero-order chi connectivity index (χ0) is 23.9. The van der Waals surface area contributed by atoms with Crippen molar-refractivity contribution < 1.29 is 9.47 Å². The van der Waals surface area contributed by atoms with Crippen molar-refractivity contribution >= 4 is 27.8 Å². The van der Waals surface area contributed by atoms with Crippen LogP contribution < -0.4 is 15.0 Å². The van der Waals surface area contributed by atoms with Crippen LogP contribution in [0.2, 0.25) is 0 Å². The molecule has 1 aliphatic heterocycles. The molecule has 1 atom stereocenters. The maximum absolute atomic E-state index is 5.86. The van der Waals surface area contributed by atoms with E-state index < -0.39 is 0 Å². The Balaban J connectivity index is 1.44. The third-order valence-electron chi connectivity index (χ3n) is 6.01. The number of anilines is 1. The molecule has 0 spiro atoms. The zero-order valence-electron chi connectivity index (χ0n) is 20.5. The van der Waals surface area contributed by atoms with Crippen LogP contribution in [0.5, 0.6) is 5.75 Å². The van der Waals surface area contributed by atoms with Crippen LogP contribution >= 0.6 is 0 Å². The summed E-state index contributed by atoms with van der Waals surface area (Å²) in [5.74, 6) is 1.69. The standard InChI is InChI=1S/C26H32N6O2/c1-26(2,3)29-18-10-11-32(15-18)25-9-8-21-22(28-25)7-6-20(27-21)19-12-17-14-31(4)30-23(17)13-24(19)34-16-33-5/h6-9,12-14,18,29H,10-11,15-16H2,1-5H3/t18-/m1/s1. The molecular weight excluding hydrogens is 428 g/mol. The number of aryl methyl sites for hydroxylation is 1. The van der Waals surface area contributed by atoms with E-state index in [2.05, 4.69) is 54.3 Å². The summed E-state index contributed by atoms with van der Waals surface area (Å²) in [5, 5.41) is 9.23. The van der Waals surface area contributed by atoms with Crippen LogP contribution in [0.15, 0.2) is 42.6 Å². The molecule has 0 bridgehead atoms. The van der Waals surface area contributed by atoms with Gasteiger partial charge in [0.2, 0.25) is 0 Å². The van der Waals surface area contributed by atoms with E-state index in [0.29, 0.717) is 11.8 Å². The highest BCUT2D eigenvalue weighted by atomic mass is 16.7. The topological polar surface area (TPSA) is 77.3 Å². The second-order valence-electron chi connectivity index (χ2n) is 9.99. The first kappa shape index (κ1) is 22.6. The number of benzene rings is 1. The van der Waals surface area contributed by atoms with Gasteiger partial charge in [-0.25, -0.2) is 9.97 Å². The van der Waals surface area contributed by atoms with Gasteiger partial charge in [-0.3, -0.25) is 4.68 Å². The summed E-state index contributed by atoms with van der Waals surface area (Å²) in [6, 6.07) is 12.7. The quantitative estimate of drug-likeness (QED) is 0.434. The van der Waals surface area contributed by atoms with Gasteiger partial charge in [-0.15, -0.1) is 0 Å². The van der Waals surface area contributed by atoms with Gasteiger partial charge in [-0.05, 0) is 57.5 Å². The van der Waals surface area contributed by atoms with Crippen LogP contribution in [0.25, 0.3) is 33.2 Å². The molecule has 0 radical (unpaired) electrons. The van der Waals surface area contributed by atoms with Crippen LogP contribution in [-0.2, 0) is 11.8 Å². The largest absolute Gasteiger partial charge is 0.467 e. The van der Waals surface area contributed by atoms with E-state index >= 15 is 0 Å². The number of hydrogen-bond acceptors (Lipinski definition) is 7. The summed E-state index contributed by atoms with van der Waals surface area (Å²) < 4.78 is 12.8. The van der Waals surface area contributed by atoms with Crippen molar-refractivity contribution in [2.45, 2.75) is 38.8 Å². The van der Waals surface area contributed by atoms with Gasteiger partial charge in [0.25, 0.3) is 0 Å². The van der Waals surface area contributed by atoms with E-state index in [0.717, 1.165) is 58.5 Å². The Morgan fingerprint density at radius 3 is 2.65 bits per heavy atom. The fourth-order valence-electron chi connectivity index (χ4n) is 4.64. The molecule has 0 unspecified atom stereocenters. The normalized spacial score (nSPS) is 16.6. The molecule has 1 N–H and O–H groups in total. The fourth-order valence-corrected chi connectivity index (χ4v) is 4.64. The highest BCUT2D eigenvalue weighted by Crippen LogP contribution is 2.34. The molecule has 5 rings (SSSR count). The lowest BCUT2D eigenvalue weighted by Gasteiger charge is -2.26. The van der Waals surface area contributed by atoms with Gasteiger partial charge >= 0.3 is 0 Å². The minimum atomic E-state index is 0.114. The summed E-state index contributed by atoms with van der Waals surface area (Å²) in [5.41, 5.74) is 4.45. The number of hydrogen-bond donors (Lipinski definition) is 1. The van der Waals surface area contributed by atoms with Gasteiger partial charge in [0.05, 0.1) is 22.2 Å².